The van der Waals surface area contributed by atoms with Gasteiger partial charge >= 0.3 is 0 Å². The Kier molecular flexibility index (Phi) is 3.30. The zero-order valence-electron chi connectivity index (χ0n) is 8.33. The predicted molar refractivity (Wildman–Crippen MR) is 71.4 cm³/mol. The molecule has 0 radical (unpaired) electrons. The number of halogens is 2. The van der Waals surface area contributed by atoms with Crippen molar-refractivity contribution in [3.8, 4) is 5.75 Å². The van der Waals surface area contributed by atoms with Crippen LogP contribution in [0.2, 0.25) is 5.02 Å². The number of carbonyl (C=O) groups excluding carboxylic acids is 1. The summed E-state index contributed by atoms with van der Waals surface area (Å²) in [6, 6.07) is 3.66. The Balaban J connectivity index is 2.82. The molecule has 0 unspecified atom stereocenters. The van der Waals surface area contributed by atoms with Crippen LogP contribution in [0.15, 0.2) is 18.3 Å². The number of hydrogen-bond donors (Lipinski definition) is 0. The second kappa shape index (κ2) is 4.55. The monoisotopic (exact) mass is 347 g/mol. The lowest BCUT2D eigenvalue weighted by Crippen LogP contribution is -1.92. The minimum Gasteiger partial charge on any atom is -0.496 e. The summed E-state index contributed by atoms with van der Waals surface area (Å²) in [6.07, 6.45) is 2.17. The normalized spacial score (nSPS) is 10.4. The number of nitrogens with zero attached hydrogens (tertiary/aromatic N) is 1. The molecule has 1 heterocycles. The van der Waals surface area contributed by atoms with Gasteiger partial charge in [-0.05, 0) is 34.7 Å². The van der Waals surface area contributed by atoms with Gasteiger partial charge in [0.2, 0.25) is 0 Å². The van der Waals surface area contributed by atoms with Gasteiger partial charge in [0.15, 0.2) is 6.29 Å². The molecule has 0 aliphatic heterocycles. The van der Waals surface area contributed by atoms with Crippen molar-refractivity contribution in [2.24, 2.45) is 0 Å². The van der Waals surface area contributed by atoms with Gasteiger partial charge in [-0.15, -0.1) is 0 Å². The lowest BCUT2D eigenvalue weighted by Gasteiger charge is -2.07. The van der Waals surface area contributed by atoms with Crippen LogP contribution in [0, 0.1) is 3.57 Å². The Hall–Kier alpha value is -0.880. The van der Waals surface area contributed by atoms with Crippen LogP contribution < -0.4 is 4.74 Å². The summed E-state index contributed by atoms with van der Waals surface area (Å²) in [6.45, 7) is 0. The molecule has 0 spiro atoms. The van der Waals surface area contributed by atoms with E-state index in [9.17, 15) is 4.79 Å². The SMILES string of the molecule is COc1cc2c(Cl)c(C=O)cnc2cc1I. The maximum Gasteiger partial charge on any atom is 0.153 e. The Labute approximate surface area is 111 Å². The molecule has 0 aliphatic rings. The molecule has 0 saturated carbocycles. The lowest BCUT2D eigenvalue weighted by molar-refractivity contribution is 0.112. The largest absolute Gasteiger partial charge is 0.496 e. The molecule has 16 heavy (non-hydrogen) atoms. The zero-order valence-corrected chi connectivity index (χ0v) is 11.2. The quantitative estimate of drug-likeness (QED) is 0.618. The summed E-state index contributed by atoms with van der Waals surface area (Å²) >= 11 is 8.25. The van der Waals surface area contributed by atoms with Crippen molar-refractivity contribution in [1.82, 2.24) is 4.98 Å². The number of aromatic nitrogens is 1. The van der Waals surface area contributed by atoms with Gasteiger partial charge in [0.1, 0.15) is 5.75 Å². The van der Waals surface area contributed by atoms with E-state index in [-0.39, 0.29) is 0 Å². The summed E-state index contributed by atoms with van der Waals surface area (Å²) in [5.41, 5.74) is 1.14. The summed E-state index contributed by atoms with van der Waals surface area (Å²) in [5.74, 6) is 0.722. The lowest BCUT2D eigenvalue weighted by atomic mass is 10.1. The number of ether oxygens (including phenoxy) is 1. The van der Waals surface area contributed by atoms with Crippen molar-refractivity contribution in [3.63, 3.8) is 0 Å². The second-order valence-corrected chi connectivity index (χ2v) is 4.69. The number of aldehydes is 1. The van der Waals surface area contributed by atoms with E-state index < -0.39 is 0 Å². The number of carbonyl (C=O) groups is 1. The molecule has 1 aromatic carbocycles. The molecule has 0 amide bonds. The van der Waals surface area contributed by atoms with Crippen LogP contribution >= 0.6 is 34.2 Å². The third-order valence-corrected chi connectivity index (χ3v) is 3.49. The highest BCUT2D eigenvalue weighted by Gasteiger charge is 2.09. The van der Waals surface area contributed by atoms with Gasteiger partial charge in [-0.2, -0.15) is 0 Å². The first-order chi connectivity index (χ1) is 7.67. The summed E-state index contributed by atoms with van der Waals surface area (Å²) in [7, 11) is 1.59. The zero-order chi connectivity index (χ0) is 11.7. The van der Waals surface area contributed by atoms with E-state index in [1.54, 1.807) is 13.2 Å². The van der Waals surface area contributed by atoms with Crippen molar-refractivity contribution in [2.45, 2.75) is 0 Å². The molecule has 1 aromatic heterocycles. The Bertz CT molecular complexity index is 571. The molecule has 82 valence electrons. The predicted octanol–water partition coefficient (Wildman–Crippen LogP) is 3.31. The number of rotatable bonds is 2. The fourth-order valence-corrected chi connectivity index (χ4v) is 2.33. The summed E-state index contributed by atoms with van der Waals surface area (Å²) in [5, 5.41) is 1.14. The van der Waals surface area contributed by atoms with Crippen LogP contribution in [0.1, 0.15) is 10.4 Å². The molecule has 2 rings (SSSR count). The van der Waals surface area contributed by atoms with E-state index >= 15 is 0 Å². The third-order valence-electron chi connectivity index (χ3n) is 2.23. The van der Waals surface area contributed by atoms with Gasteiger partial charge in [0.25, 0.3) is 0 Å². The minimum atomic E-state index is 0.387. The number of benzene rings is 1. The van der Waals surface area contributed by atoms with Crippen LogP contribution in [0.4, 0.5) is 0 Å². The van der Waals surface area contributed by atoms with Gasteiger partial charge in [0, 0.05) is 11.6 Å². The molecule has 0 bridgehead atoms. The second-order valence-electron chi connectivity index (χ2n) is 3.15. The molecule has 0 atom stereocenters. The smallest absolute Gasteiger partial charge is 0.153 e. The molecular formula is C11H7ClINO2. The maximum absolute atomic E-state index is 10.7. The van der Waals surface area contributed by atoms with Crippen LogP contribution in [-0.2, 0) is 0 Å². The number of methoxy groups -OCH3 is 1. The third kappa shape index (κ3) is 1.87. The topological polar surface area (TPSA) is 39.2 Å². The molecule has 0 saturated heterocycles. The first-order valence-electron chi connectivity index (χ1n) is 4.44. The van der Waals surface area contributed by atoms with Crippen molar-refractivity contribution in [2.75, 3.05) is 7.11 Å². The standard InChI is InChI=1S/C11H7ClINO2/c1-16-10-2-7-9(3-8(10)13)14-4-6(5-15)11(7)12/h2-5H,1H3. The average Bonchev–Trinajstić information content (AvgIpc) is 2.29. The molecule has 0 aliphatic carbocycles. The molecule has 0 N–H and O–H groups in total. The van der Waals surface area contributed by atoms with Gasteiger partial charge in [-0.1, -0.05) is 11.6 Å². The summed E-state index contributed by atoms with van der Waals surface area (Å²) in [4.78, 5) is 14.9. The van der Waals surface area contributed by atoms with E-state index in [0.717, 1.165) is 20.2 Å². The van der Waals surface area contributed by atoms with E-state index in [1.165, 1.54) is 6.20 Å². The molecule has 3 nitrogen and oxygen atoms in total. The van der Waals surface area contributed by atoms with E-state index in [0.29, 0.717) is 16.9 Å². The van der Waals surface area contributed by atoms with Gasteiger partial charge in [-0.25, -0.2) is 0 Å². The number of fused-ring (bicyclic) bond motifs is 1. The molecule has 0 fully saturated rings. The van der Waals surface area contributed by atoms with E-state index in [2.05, 4.69) is 27.6 Å². The first-order valence-corrected chi connectivity index (χ1v) is 5.90. The highest BCUT2D eigenvalue weighted by Crippen LogP contribution is 2.31. The average molecular weight is 348 g/mol. The molecule has 2 aromatic rings. The number of hydrogen-bond acceptors (Lipinski definition) is 3. The van der Waals surface area contributed by atoms with Crippen LogP contribution in [-0.4, -0.2) is 18.4 Å². The van der Waals surface area contributed by atoms with Crippen LogP contribution in [0.5, 0.6) is 5.75 Å². The Morgan fingerprint density at radius 2 is 2.25 bits per heavy atom. The van der Waals surface area contributed by atoms with E-state index in [1.807, 2.05) is 6.07 Å². The van der Waals surface area contributed by atoms with Gasteiger partial charge in [-0.3, -0.25) is 9.78 Å². The number of pyridine rings is 1. The van der Waals surface area contributed by atoms with Crippen molar-refractivity contribution < 1.29 is 9.53 Å². The fraction of sp³-hybridized carbons (Fsp3) is 0.0909. The Morgan fingerprint density at radius 3 is 2.88 bits per heavy atom. The van der Waals surface area contributed by atoms with Crippen LogP contribution in [0.25, 0.3) is 10.9 Å². The first kappa shape index (κ1) is 11.6. The Morgan fingerprint density at radius 1 is 1.50 bits per heavy atom. The van der Waals surface area contributed by atoms with Crippen molar-refractivity contribution in [1.29, 1.82) is 0 Å². The molecule has 5 heteroatoms. The highest BCUT2D eigenvalue weighted by atomic mass is 127. The van der Waals surface area contributed by atoms with Gasteiger partial charge < -0.3 is 4.74 Å². The minimum absolute atomic E-state index is 0.387. The van der Waals surface area contributed by atoms with Crippen molar-refractivity contribution in [3.05, 3.63) is 32.5 Å². The van der Waals surface area contributed by atoms with Crippen LogP contribution in [0.3, 0.4) is 0 Å². The van der Waals surface area contributed by atoms with Gasteiger partial charge in [0.05, 0.1) is 26.8 Å². The highest BCUT2D eigenvalue weighted by molar-refractivity contribution is 14.1. The fourth-order valence-electron chi connectivity index (χ4n) is 1.42. The maximum atomic E-state index is 10.7. The molecular weight excluding hydrogens is 340 g/mol. The summed E-state index contributed by atoms with van der Waals surface area (Å²) < 4.78 is 6.15. The van der Waals surface area contributed by atoms with E-state index in [4.69, 9.17) is 16.3 Å². The van der Waals surface area contributed by atoms with Crippen molar-refractivity contribution >= 4 is 51.4 Å².